The highest BCUT2D eigenvalue weighted by Crippen LogP contribution is 2.27. The van der Waals surface area contributed by atoms with Crippen LogP contribution >= 0.6 is 0 Å². The lowest BCUT2D eigenvalue weighted by Gasteiger charge is -2.11. The summed E-state index contributed by atoms with van der Waals surface area (Å²) in [5.41, 5.74) is 1.04. The summed E-state index contributed by atoms with van der Waals surface area (Å²) in [6.45, 7) is 6.57. The number of carbonyl (C=O) groups excluding carboxylic acids is 1. The Balaban J connectivity index is 1.42. The van der Waals surface area contributed by atoms with Gasteiger partial charge in [-0.25, -0.2) is 0 Å². The van der Waals surface area contributed by atoms with Crippen LogP contribution in [0.15, 0.2) is 28.8 Å². The van der Waals surface area contributed by atoms with Gasteiger partial charge >= 0.3 is 0 Å². The topological polar surface area (TPSA) is 77.2 Å². The van der Waals surface area contributed by atoms with Crippen LogP contribution < -0.4 is 10.1 Å². The zero-order chi connectivity index (χ0) is 17.2. The third-order valence-corrected chi connectivity index (χ3v) is 3.95. The summed E-state index contributed by atoms with van der Waals surface area (Å²) in [5, 5.41) is 6.87. The average molecular weight is 329 g/mol. The lowest BCUT2D eigenvalue weighted by molar-refractivity contribution is -0.121. The summed E-state index contributed by atoms with van der Waals surface area (Å²) >= 11 is 0. The van der Waals surface area contributed by atoms with Crippen molar-refractivity contribution in [3.8, 4) is 5.75 Å². The molecular weight excluding hydrogens is 306 g/mol. The number of hydrogen-bond acceptors (Lipinski definition) is 5. The number of carbonyl (C=O) groups is 1. The maximum atomic E-state index is 12.0. The molecule has 24 heavy (non-hydrogen) atoms. The lowest BCUT2D eigenvalue weighted by atomic mass is 9.96. The molecule has 1 amide bonds. The molecule has 1 aliphatic rings. The normalized spacial score (nSPS) is 16.5. The maximum absolute atomic E-state index is 12.0. The molecule has 1 aliphatic heterocycles. The van der Waals surface area contributed by atoms with Crippen molar-refractivity contribution in [2.24, 2.45) is 0 Å². The number of para-hydroxylation sites is 1. The summed E-state index contributed by atoms with van der Waals surface area (Å²) in [4.78, 5) is 16.3. The number of ether oxygens (including phenoxy) is 1. The van der Waals surface area contributed by atoms with Crippen molar-refractivity contribution in [2.45, 2.75) is 51.6 Å². The highest BCUT2D eigenvalue weighted by Gasteiger charge is 2.23. The number of amides is 1. The van der Waals surface area contributed by atoms with Crippen LogP contribution in [-0.2, 0) is 23.1 Å². The van der Waals surface area contributed by atoms with E-state index < -0.39 is 0 Å². The first kappa shape index (κ1) is 16.5. The van der Waals surface area contributed by atoms with Crippen LogP contribution in [0.1, 0.15) is 44.5 Å². The Hall–Kier alpha value is -2.37. The lowest BCUT2D eigenvalue weighted by Crippen LogP contribution is -2.34. The first-order valence-electron chi connectivity index (χ1n) is 8.26. The quantitative estimate of drug-likeness (QED) is 0.911. The molecule has 2 heterocycles. The van der Waals surface area contributed by atoms with Gasteiger partial charge in [-0.2, -0.15) is 4.98 Å². The van der Waals surface area contributed by atoms with Crippen molar-refractivity contribution in [1.82, 2.24) is 15.5 Å². The number of nitrogens with zero attached hydrogens (tertiary/aromatic N) is 2. The van der Waals surface area contributed by atoms with Crippen molar-refractivity contribution < 1.29 is 14.1 Å². The molecule has 1 N–H and O–H groups in total. The van der Waals surface area contributed by atoms with Crippen LogP contribution in [0.4, 0.5) is 0 Å². The van der Waals surface area contributed by atoms with Gasteiger partial charge in [-0.15, -0.1) is 0 Å². The van der Waals surface area contributed by atoms with E-state index in [0.717, 1.165) is 12.2 Å². The molecule has 1 aromatic carbocycles. The van der Waals surface area contributed by atoms with Gasteiger partial charge in [-0.05, 0) is 11.6 Å². The van der Waals surface area contributed by atoms with Gasteiger partial charge in [0.05, 0.1) is 6.54 Å². The van der Waals surface area contributed by atoms with E-state index in [4.69, 9.17) is 9.26 Å². The van der Waals surface area contributed by atoms with Crippen LogP contribution in [-0.4, -0.2) is 28.7 Å². The molecule has 6 nitrogen and oxygen atoms in total. The molecular formula is C18H23N3O3. The predicted molar refractivity (Wildman–Crippen MR) is 88.9 cm³/mol. The largest absolute Gasteiger partial charge is 0.488 e. The first-order chi connectivity index (χ1) is 11.4. The fraction of sp³-hybridized carbons (Fsp3) is 0.500. The van der Waals surface area contributed by atoms with Gasteiger partial charge in [0.2, 0.25) is 11.8 Å². The van der Waals surface area contributed by atoms with Crippen LogP contribution in [0, 0.1) is 0 Å². The summed E-state index contributed by atoms with van der Waals surface area (Å²) in [5.74, 6) is 2.04. The van der Waals surface area contributed by atoms with Crippen molar-refractivity contribution >= 4 is 5.91 Å². The molecule has 0 bridgehead atoms. The Morgan fingerprint density at radius 3 is 2.83 bits per heavy atom. The third kappa shape index (κ3) is 3.93. The maximum Gasteiger partial charge on any atom is 0.227 e. The molecule has 6 heteroatoms. The fourth-order valence-corrected chi connectivity index (χ4v) is 2.57. The molecule has 128 valence electrons. The number of aryl methyl sites for hydroxylation is 1. The van der Waals surface area contributed by atoms with E-state index in [9.17, 15) is 4.79 Å². The molecule has 0 saturated heterocycles. The Bertz CT molecular complexity index is 693. The molecule has 1 aromatic heterocycles. The van der Waals surface area contributed by atoms with E-state index in [0.29, 0.717) is 31.1 Å². The molecule has 0 saturated carbocycles. The average Bonchev–Trinajstić information content (AvgIpc) is 3.16. The third-order valence-electron chi connectivity index (χ3n) is 3.95. The van der Waals surface area contributed by atoms with E-state index in [1.54, 1.807) is 0 Å². The van der Waals surface area contributed by atoms with Crippen molar-refractivity contribution in [2.75, 3.05) is 6.54 Å². The molecule has 1 unspecified atom stereocenters. The summed E-state index contributed by atoms with van der Waals surface area (Å²) in [6, 6.07) is 7.97. The monoisotopic (exact) mass is 329 g/mol. The molecule has 2 aromatic rings. The van der Waals surface area contributed by atoms with Crippen LogP contribution in [0.3, 0.4) is 0 Å². The van der Waals surface area contributed by atoms with Crippen molar-refractivity contribution in [3.63, 3.8) is 0 Å². The summed E-state index contributed by atoms with van der Waals surface area (Å²) in [7, 11) is 0. The zero-order valence-electron chi connectivity index (χ0n) is 14.3. The van der Waals surface area contributed by atoms with E-state index in [2.05, 4.69) is 21.5 Å². The SMILES string of the molecule is CC(C)(C)c1noc(CCC(=O)NCC2Cc3ccccc3O2)n1. The van der Waals surface area contributed by atoms with Gasteiger partial charge < -0.3 is 14.6 Å². The number of nitrogens with one attached hydrogen (secondary N) is 1. The standard InChI is InChI=1S/C18H23N3O3/c1-18(2,3)17-20-16(24-21-17)9-8-15(22)19-11-13-10-12-6-4-5-7-14(12)23-13/h4-7,13H,8-11H2,1-3H3,(H,19,22). The van der Waals surface area contributed by atoms with Gasteiger partial charge in [0, 0.05) is 24.7 Å². The Labute approximate surface area is 141 Å². The highest BCUT2D eigenvalue weighted by molar-refractivity contribution is 5.76. The number of hydrogen-bond donors (Lipinski definition) is 1. The minimum Gasteiger partial charge on any atom is -0.488 e. The number of benzene rings is 1. The predicted octanol–water partition coefficient (Wildman–Crippen LogP) is 2.42. The Morgan fingerprint density at radius 1 is 1.33 bits per heavy atom. The summed E-state index contributed by atoms with van der Waals surface area (Å²) < 4.78 is 11.0. The van der Waals surface area contributed by atoms with Gasteiger partial charge in [-0.1, -0.05) is 44.1 Å². The van der Waals surface area contributed by atoms with E-state index >= 15 is 0 Å². The second-order valence-electron chi connectivity index (χ2n) is 7.12. The Morgan fingerprint density at radius 2 is 2.12 bits per heavy atom. The van der Waals surface area contributed by atoms with Crippen LogP contribution in [0.5, 0.6) is 5.75 Å². The van der Waals surface area contributed by atoms with Crippen molar-refractivity contribution in [1.29, 1.82) is 0 Å². The minimum atomic E-state index is -0.154. The number of fused-ring (bicyclic) bond motifs is 1. The summed E-state index contributed by atoms with van der Waals surface area (Å²) in [6.07, 6.45) is 1.60. The molecule has 3 rings (SSSR count). The van der Waals surface area contributed by atoms with Gasteiger partial charge in [0.15, 0.2) is 5.82 Å². The Kier molecular flexibility index (Phi) is 4.55. The van der Waals surface area contributed by atoms with Crippen LogP contribution in [0.2, 0.25) is 0 Å². The number of aromatic nitrogens is 2. The molecule has 1 atom stereocenters. The molecule has 0 aliphatic carbocycles. The van der Waals surface area contributed by atoms with Gasteiger partial charge in [-0.3, -0.25) is 4.79 Å². The molecule has 0 radical (unpaired) electrons. The fourth-order valence-electron chi connectivity index (χ4n) is 2.57. The van der Waals surface area contributed by atoms with Crippen LogP contribution in [0.25, 0.3) is 0 Å². The van der Waals surface area contributed by atoms with Crippen molar-refractivity contribution in [3.05, 3.63) is 41.5 Å². The number of rotatable bonds is 5. The van der Waals surface area contributed by atoms with E-state index in [1.165, 1.54) is 5.56 Å². The first-order valence-corrected chi connectivity index (χ1v) is 8.26. The van der Waals surface area contributed by atoms with Gasteiger partial charge in [0.1, 0.15) is 11.9 Å². The van der Waals surface area contributed by atoms with Gasteiger partial charge in [0.25, 0.3) is 0 Å². The molecule has 0 spiro atoms. The molecule has 0 fully saturated rings. The zero-order valence-corrected chi connectivity index (χ0v) is 14.3. The minimum absolute atomic E-state index is 0.00208. The van der Waals surface area contributed by atoms with E-state index in [1.807, 2.05) is 39.0 Å². The highest BCUT2D eigenvalue weighted by atomic mass is 16.5. The second-order valence-corrected chi connectivity index (χ2v) is 7.12. The van der Waals surface area contributed by atoms with E-state index in [-0.39, 0.29) is 17.4 Å². The second kappa shape index (κ2) is 6.63. The smallest absolute Gasteiger partial charge is 0.227 e.